The summed E-state index contributed by atoms with van der Waals surface area (Å²) >= 11 is 0. The molecule has 1 aromatic heterocycles. The third kappa shape index (κ3) is 3.32. The number of rotatable bonds is 4. The summed E-state index contributed by atoms with van der Waals surface area (Å²) in [6.45, 7) is 11.0. The summed E-state index contributed by atoms with van der Waals surface area (Å²) in [6, 6.07) is 5.12. The average Bonchev–Trinajstić information content (AvgIpc) is 2.40. The van der Waals surface area contributed by atoms with Gasteiger partial charge in [0.1, 0.15) is 0 Å². The first-order chi connectivity index (χ1) is 9.13. The van der Waals surface area contributed by atoms with E-state index < -0.39 is 0 Å². The molecule has 1 saturated heterocycles. The normalized spacial score (nSPS) is 25.2. The number of hydrogen-bond donors (Lipinski definition) is 1. The molecule has 4 heteroatoms. The van der Waals surface area contributed by atoms with Gasteiger partial charge in [0.2, 0.25) is 0 Å². The molecule has 1 fully saturated rings. The molecule has 106 valence electrons. The van der Waals surface area contributed by atoms with Gasteiger partial charge >= 0.3 is 0 Å². The lowest BCUT2D eigenvalue weighted by Crippen LogP contribution is -2.54. The molecule has 2 heterocycles. The Morgan fingerprint density at radius 2 is 2.26 bits per heavy atom. The van der Waals surface area contributed by atoms with Crippen molar-refractivity contribution in [3.63, 3.8) is 0 Å². The first-order valence-electron chi connectivity index (χ1n) is 7.27. The van der Waals surface area contributed by atoms with Crippen LogP contribution in [0, 0.1) is 0 Å². The minimum atomic E-state index is 0.115. The monoisotopic (exact) mass is 262 g/mol. The Bertz CT molecular complexity index is 379. The largest absolute Gasteiger partial charge is 0.326 e. The highest BCUT2D eigenvalue weighted by Gasteiger charge is 2.30. The molecule has 1 aliphatic heterocycles. The lowest BCUT2D eigenvalue weighted by atomic mass is 9.99. The molecule has 3 unspecified atom stereocenters. The van der Waals surface area contributed by atoms with Crippen molar-refractivity contribution in [3.8, 4) is 0 Å². The van der Waals surface area contributed by atoms with Crippen LogP contribution in [-0.4, -0.2) is 53.0 Å². The number of piperazine rings is 1. The van der Waals surface area contributed by atoms with Gasteiger partial charge in [-0.05, 0) is 32.0 Å². The average molecular weight is 262 g/mol. The quantitative estimate of drug-likeness (QED) is 0.893. The first-order valence-corrected chi connectivity index (χ1v) is 7.27. The van der Waals surface area contributed by atoms with Crippen LogP contribution in [0.2, 0.25) is 0 Å². The van der Waals surface area contributed by atoms with Crippen LogP contribution < -0.4 is 5.73 Å². The molecular weight excluding hydrogens is 236 g/mol. The van der Waals surface area contributed by atoms with E-state index in [0.29, 0.717) is 6.04 Å². The van der Waals surface area contributed by atoms with Gasteiger partial charge in [0, 0.05) is 44.1 Å². The molecule has 0 bridgehead atoms. The standard InChI is InChI=1S/C15H26N4/c1-4-18-8-9-19(11-12(18)2)15(13(3)16)14-6-5-7-17-10-14/h5-7,10,12-13,15H,4,8-9,11,16H2,1-3H3. The van der Waals surface area contributed by atoms with Crippen LogP contribution in [0.15, 0.2) is 24.5 Å². The van der Waals surface area contributed by atoms with Gasteiger partial charge in [0.05, 0.1) is 6.04 Å². The Balaban J connectivity index is 2.13. The van der Waals surface area contributed by atoms with Gasteiger partial charge in [-0.25, -0.2) is 0 Å². The molecule has 2 N–H and O–H groups in total. The van der Waals surface area contributed by atoms with E-state index >= 15 is 0 Å². The fraction of sp³-hybridized carbons (Fsp3) is 0.667. The van der Waals surface area contributed by atoms with Crippen molar-refractivity contribution in [3.05, 3.63) is 30.1 Å². The maximum Gasteiger partial charge on any atom is 0.0512 e. The Morgan fingerprint density at radius 3 is 2.79 bits per heavy atom. The third-order valence-corrected chi connectivity index (χ3v) is 4.12. The maximum absolute atomic E-state index is 6.23. The summed E-state index contributed by atoms with van der Waals surface area (Å²) in [5, 5.41) is 0. The van der Waals surface area contributed by atoms with E-state index in [1.54, 1.807) is 0 Å². The van der Waals surface area contributed by atoms with E-state index in [2.05, 4.69) is 41.6 Å². The highest BCUT2D eigenvalue weighted by atomic mass is 15.3. The minimum absolute atomic E-state index is 0.115. The molecule has 0 spiro atoms. The van der Waals surface area contributed by atoms with Crippen LogP contribution in [0.25, 0.3) is 0 Å². The molecule has 0 amide bonds. The summed E-state index contributed by atoms with van der Waals surface area (Å²) in [5.74, 6) is 0. The van der Waals surface area contributed by atoms with E-state index in [-0.39, 0.29) is 12.1 Å². The molecule has 3 atom stereocenters. The van der Waals surface area contributed by atoms with E-state index in [9.17, 15) is 0 Å². The highest BCUT2D eigenvalue weighted by Crippen LogP contribution is 2.25. The number of hydrogen-bond acceptors (Lipinski definition) is 4. The topological polar surface area (TPSA) is 45.4 Å². The molecule has 0 saturated carbocycles. The van der Waals surface area contributed by atoms with Gasteiger partial charge in [-0.15, -0.1) is 0 Å². The van der Waals surface area contributed by atoms with E-state index in [1.165, 1.54) is 5.56 Å². The molecule has 2 rings (SSSR count). The summed E-state index contributed by atoms with van der Waals surface area (Å²) < 4.78 is 0. The van der Waals surface area contributed by atoms with E-state index in [1.807, 2.05) is 18.5 Å². The van der Waals surface area contributed by atoms with Crippen molar-refractivity contribution in [1.29, 1.82) is 0 Å². The summed E-state index contributed by atoms with van der Waals surface area (Å²) in [7, 11) is 0. The zero-order chi connectivity index (χ0) is 13.8. The summed E-state index contributed by atoms with van der Waals surface area (Å²) in [6.07, 6.45) is 3.77. The predicted octanol–water partition coefficient (Wildman–Crippen LogP) is 1.50. The van der Waals surface area contributed by atoms with Crippen molar-refractivity contribution in [1.82, 2.24) is 14.8 Å². The van der Waals surface area contributed by atoms with Crippen LogP contribution in [0.3, 0.4) is 0 Å². The second-order valence-corrected chi connectivity index (χ2v) is 5.56. The molecule has 1 aliphatic rings. The number of nitrogens with zero attached hydrogens (tertiary/aromatic N) is 3. The van der Waals surface area contributed by atoms with Gasteiger partial charge in [0.25, 0.3) is 0 Å². The van der Waals surface area contributed by atoms with Crippen LogP contribution in [-0.2, 0) is 0 Å². The van der Waals surface area contributed by atoms with Gasteiger partial charge in [-0.2, -0.15) is 0 Å². The van der Waals surface area contributed by atoms with Crippen molar-refractivity contribution >= 4 is 0 Å². The van der Waals surface area contributed by atoms with E-state index in [0.717, 1.165) is 26.2 Å². The fourth-order valence-corrected chi connectivity index (χ4v) is 3.14. The smallest absolute Gasteiger partial charge is 0.0512 e. The lowest BCUT2D eigenvalue weighted by molar-refractivity contribution is 0.0515. The lowest BCUT2D eigenvalue weighted by Gasteiger charge is -2.44. The Hall–Kier alpha value is -0.970. The second-order valence-electron chi connectivity index (χ2n) is 5.56. The molecule has 4 nitrogen and oxygen atoms in total. The number of likely N-dealkylation sites (N-methyl/N-ethyl adjacent to an activating group) is 1. The fourth-order valence-electron chi connectivity index (χ4n) is 3.14. The molecule has 0 aromatic carbocycles. The van der Waals surface area contributed by atoms with E-state index in [4.69, 9.17) is 5.73 Å². The molecule has 0 aliphatic carbocycles. The third-order valence-electron chi connectivity index (χ3n) is 4.12. The molecule has 0 radical (unpaired) electrons. The zero-order valence-electron chi connectivity index (χ0n) is 12.3. The Labute approximate surface area is 116 Å². The van der Waals surface area contributed by atoms with Crippen molar-refractivity contribution in [2.75, 3.05) is 26.2 Å². The van der Waals surface area contributed by atoms with Crippen LogP contribution in [0.5, 0.6) is 0 Å². The molecule has 19 heavy (non-hydrogen) atoms. The number of aromatic nitrogens is 1. The van der Waals surface area contributed by atoms with Crippen LogP contribution in [0.1, 0.15) is 32.4 Å². The van der Waals surface area contributed by atoms with Gasteiger partial charge in [-0.1, -0.05) is 13.0 Å². The van der Waals surface area contributed by atoms with Crippen molar-refractivity contribution in [2.45, 2.75) is 38.9 Å². The van der Waals surface area contributed by atoms with Gasteiger partial charge in [-0.3, -0.25) is 14.8 Å². The molecule has 1 aromatic rings. The highest BCUT2D eigenvalue weighted by molar-refractivity contribution is 5.16. The van der Waals surface area contributed by atoms with Crippen molar-refractivity contribution in [2.24, 2.45) is 5.73 Å². The second kappa shape index (κ2) is 6.46. The SMILES string of the molecule is CCN1CCN(C(c2cccnc2)C(C)N)CC1C. The number of nitrogens with two attached hydrogens (primary N) is 1. The van der Waals surface area contributed by atoms with Crippen LogP contribution in [0.4, 0.5) is 0 Å². The summed E-state index contributed by atoms with van der Waals surface area (Å²) in [4.78, 5) is 9.28. The Morgan fingerprint density at radius 1 is 1.47 bits per heavy atom. The number of pyridine rings is 1. The maximum atomic E-state index is 6.23. The predicted molar refractivity (Wildman–Crippen MR) is 78.9 cm³/mol. The first kappa shape index (κ1) is 14.4. The van der Waals surface area contributed by atoms with Crippen molar-refractivity contribution < 1.29 is 0 Å². The Kier molecular flexibility index (Phi) is 4.91. The van der Waals surface area contributed by atoms with Crippen LogP contribution >= 0.6 is 0 Å². The zero-order valence-corrected chi connectivity index (χ0v) is 12.3. The molecular formula is C15H26N4. The minimum Gasteiger partial charge on any atom is -0.326 e. The van der Waals surface area contributed by atoms with Gasteiger partial charge in [0.15, 0.2) is 0 Å². The van der Waals surface area contributed by atoms with Gasteiger partial charge < -0.3 is 5.73 Å². The summed E-state index contributed by atoms with van der Waals surface area (Å²) in [5.41, 5.74) is 7.46.